The molecule has 2 heterocycles. The predicted octanol–water partition coefficient (Wildman–Crippen LogP) is 1.81. The van der Waals surface area contributed by atoms with E-state index < -0.39 is 0 Å². The number of pyridine rings is 1. The van der Waals surface area contributed by atoms with Crippen molar-refractivity contribution >= 4 is 5.91 Å². The van der Waals surface area contributed by atoms with Crippen molar-refractivity contribution in [1.29, 1.82) is 0 Å². The molecule has 1 fully saturated rings. The van der Waals surface area contributed by atoms with E-state index in [9.17, 15) is 4.79 Å². The molecule has 0 bridgehead atoms. The number of amides is 1. The van der Waals surface area contributed by atoms with Crippen molar-refractivity contribution in [3.8, 4) is 5.75 Å². The van der Waals surface area contributed by atoms with Gasteiger partial charge < -0.3 is 15.0 Å². The van der Waals surface area contributed by atoms with Crippen LogP contribution in [0.4, 0.5) is 0 Å². The Labute approximate surface area is 136 Å². The van der Waals surface area contributed by atoms with Crippen molar-refractivity contribution in [2.45, 2.75) is 12.5 Å². The topological polar surface area (TPSA) is 54.5 Å². The van der Waals surface area contributed by atoms with Gasteiger partial charge in [0.25, 0.3) is 0 Å². The van der Waals surface area contributed by atoms with Crippen LogP contribution in [0.25, 0.3) is 0 Å². The summed E-state index contributed by atoms with van der Waals surface area (Å²) < 4.78 is 5.21. The molecule has 1 aromatic carbocycles. The van der Waals surface area contributed by atoms with Crippen LogP contribution in [0.2, 0.25) is 0 Å². The second kappa shape index (κ2) is 7.24. The maximum Gasteiger partial charge on any atom is 0.227 e. The van der Waals surface area contributed by atoms with Crippen LogP contribution in [0.15, 0.2) is 48.8 Å². The average molecular weight is 311 g/mol. The first-order valence-corrected chi connectivity index (χ1v) is 7.81. The number of nitrogens with one attached hydrogen (secondary N) is 1. The van der Waals surface area contributed by atoms with Crippen molar-refractivity contribution < 1.29 is 9.53 Å². The van der Waals surface area contributed by atoms with Gasteiger partial charge in [0.05, 0.1) is 19.6 Å². The van der Waals surface area contributed by atoms with Crippen LogP contribution in [0.1, 0.15) is 17.2 Å². The van der Waals surface area contributed by atoms with Crippen molar-refractivity contribution in [3.63, 3.8) is 0 Å². The monoisotopic (exact) mass is 311 g/mol. The number of piperazine rings is 1. The van der Waals surface area contributed by atoms with E-state index in [-0.39, 0.29) is 11.9 Å². The number of hydrogen-bond acceptors (Lipinski definition) is 4. The van der Waals surface area contributed by atoms with Crippen molar-refractivity contribution in [3.05, 3.63) is 59.9 Å². The molecular formula is C18H21N3O2. The lowest BCUT2D eigenvalue weighted by Gasteiger charge is -2.36. The lowest BCUT2D eigenvalue weighted by atomic mass is 10.0. The molecule has 3 rings (SSSR count). The second-order valence-electron chi connectivity index (χ2n) is 5.62. The van der Waals surface area contributed by atoms with Crippen molar-refractivity contribution in [1.82, 2.24) is 15.2 Å². The van der Waals surface area contributed by atoms with Gasteiger partial charge >= 0.3 is 0 Å². The van der Waals surface area contributed by atoms with E-state index in [1.165, 1.54) is 0 Å². The van der Waals surface area contributed by atoms with Gasteiger partial charge in [0.1, 0.15) is 5.75 Å². The van der Waals surface area contributed by atoms with E-state index in [0.717, 1.165) is 36.5 Å². The minimum Gasteiger partial charge on any atom is -0.497 e. The van der Waals surface area contributed by atoms with Crippen LogP contribution in [0.5, 0.6) is 5.75 Å². The summed E-state index contributed by atoms with van der Waals surface area (Å²) in [7, 11) is 1.65. The Morgan fingerprint density at radius 3 is 2.87 bits per heavy atom. The number of methoxy groups -OCH3 is 1. The zero-order valence-electron chi connectivity index (χ0n) is 13.2. The van der Waals surface area contributed by atoms with Gasteiger partial charge in [0, 0.05) is 32.0 Å². The Hall–Kier alpha value is -2.40. The molecular weight excluding hydrogens is 290 g/mol. The highest BCUT2D eigenvalue weighted by atomic mass is 16.5. The summed E-state index contributed by atoms with van der Waals surface area (Å²) in [5.41, 5.74) is 2.07. The maximum absolute atomic E-state index is 12.7. The number of rotatable bonds is 4. The van der Waals surface area contributed by atoms with Crippen LogP contribution in [0.3, 0.4) is 0 Å². The summed E-state index contributed by atoms with van der Waals surface area (Å²) >= 11 is 0. The van der Waals surface area contributed by atoms with Gasteiger partial charge in [0.15, 0.2) is 0 Å². The Morgan fingerprint density at radius 1 is 1.35 bits per heavy atom. The molecule has 5 nitrogen and oxygen atoms in total. The fourth-order valence-electron chi connectivity index (χ4n) is 2.91. The predicted molar refractivity (Wildman–Crippen MR) is 88.3 cm³/mol. The molecule has 120 valence electrons. The molecule has 23 heavy (non-hydrogen) atoms. The van der Waals surface area contributed by atoms with E-state index in [4.69, 9.17) is 4.74 Å². The molecule has 1 aliphatic heterocycles. The van der Waals surface area contributed by atoms with Gasteiger partial charge in [-0.15, -0.1) is 0 Å². The summed E-state index contributed by atoms with van der Waals surface area (Å²) in [6.45, 7) is 2.31. The zero-order valence-corrected chi connectivity index (χ0v) is 13.2. The quantitative estimate of drug-likeness (QED) is 0.935. The normalized spacial score (nSPS) is 17.8. The molecule has 0 spiro atoms. The highest BCUT2D eigenvalue weighted by molar-refractivity contribution is 5.79. The molecule has 0 saturated carbocycles. The Morgan fingerprint density at radius 2 is 2.17 bits per heavy atom. The number of nitrogens with zero attached hydrogens (tertiary/aromatic N) is 2. The molecule has 0 radical (unpaired) electrons. The van der Waals surface area contributed by atoms with Crippen LogP contribution in [0, 0.1) is 0 Å². The molecule has 0 aliphatic carbocycles. The number of benzene rings is 1. The highest BCUT2D eigenvalue weighted by Crippen LogP contribution is 2.25. The molecule has 1 N–H and O–H groups in total. The van der Waals surface area contributed by atoms with E-state index >= 15 is 0 Å². The molecule has 1 saturated heterocycles. The maximum atomic E-state index is 12.7. The Kier molecular flexibility index (Phi) is 4.88. The summed E-state index contributed by atoms with van der Waals surface area (Å²) in [5, 5.41) is 3.37. The Balaban J connectivity index is 1.76. The first kappa shape index (κ1) is 15.5. The summed E-state index contributed by atoms with van der Waals surface area (Å²) in [6, 6.07) is 11.8. The van der Waals surface area contributed by atoms with E-state index in [1.807, 2.05) is 41.3 Å². The van der Waals surface area contributed by atoms with Crippen LogP contribution in [-0.4, -0.2) is 42.5 Å². The average Bonchev–Trinajstić information content (AvgIpc) is 2.62. The first-order chi connectivity index (χ1) is 11.3. The molecule has 5 heteroatoms. The van der Waals surface area contributed by atoms with E-state index in [2.05, 4.69) is 10.3 Å². The van der Waals surface area contributed by atoms with E-state index in [0.29, 0.717) is 6.42 Å². The lowest BCUT2D eigenvalue weighted by molar-refractivity contribution is -0.133. The summed E-state index contributed by atoms with van der Waals surface area (Å²) in [5.74, 6) is 0.964. The summed E-state index contributed by atoms with van der Waals surface area (Å²) in [4.78, 5) is 18.8. The van der Waals surface area contributed by atoms with Crippen molar-refractivity contribution in [2.24, 2.45) is 0 Å². The molecule has 1 aromatic heterocycles. The fourth-order valence-corrected chi connectivity index (χ4v) is 2.91. The summed E-state index contributed by atoms with van der Waals surface area (Å²) in [6.07, 6.45) is 3.86. The smallest absolute Gasteiger partial charge is 0.227 e. The number of carbonyl (C=O) groups is 1. The SMILES string of the molecule is COc1ccc([C@@H]2CNCCN2C(=O)Cc2cccnc2)cc1. The fraction of sp³-hybridized carbons (Fsp3) is 0.333. The lowest BCUT2D eigenvalue weighted by Crippen LogP contribution is -2.49. The highest BCUT2D eigenvalue weighted by Gasteiger charge is 2.27. The van der Waals surface area contributed by atoms with Gasteiger partial charge in [-0.2, -0.15) is 0 Å². The van der Waals surface area contributed by atoms with Crippen molar-refractivity contribution in [2.75, 3.05) is 26.7 Å². The van der Waals surface area contributed by atoms with Crippen LogP contribution in [-0.2, 0) is 11.2 Å². The minimum absolute atomic E-state index is 0.0545. The number of aromatic nitrogens is 1. The van der Waals surface area contributed by atoms with E-state index in [1.54, 1.807) is 19.5 Å². The van der Waals surface area contributed by atoms with Gasteiger partial charge in [0.2, 0.25) is 5.91 Å². The van der Waals surface area contributed by atoms with Gasteiger partial charge in [-0.3, -0.25) is 9.78 Å². The molecule has 0 unspecified atom stereocenters. The van der Waals surface area contributed by atoms with Crippen LogP contribution < -0.4 is 10.1 Å². The third kappa shape index (κ3) is 3.68. The van der Waals surface area contributed by atoms with Gasteiger partial charge in [-0.25, -0.2) is 0 Å². The molecule has 1 atom stereocenters. The second-order valence-corrected chi connectivity index (χ2v) is 5.62. The standard InChI is InChI=1S/C18H21N3O2/c1-23-16-6-4-15(5-7-16)17-13-20-9-10-21(17)18(22)11-14-3-2-8-19-12-14/h2-8,12,17,20H,9-11,13H2,1H3/t17-/m0/s1. The first-order valence-electron chi connectivity index (χ1n) is 7.81. The minimum atomic E-state index is 0.0545. The number of ether oxygens (including phenoxy) is 1. The largest absolute Gasteiger partial charge is 0.497 e. The number of carbonyl (C=O) groups excluding carboxylic acids is 1. The molecule has 1 aliphatic rings. The third-order valence-corrected chi connectivity index (χ3v) is 4.14. The molecule has 1 amide bonds. The third-order valence-electron chi connectivity index (χ3n) is 4.14. The van der Waals surface area contributed by atoms with Crippen LogP contribution >= 0.6 is 0 Å². The van der Waals surface area contributed by atoms with Gasteiger partial charge in [-0.1, -0.05) is 18.2 Å². The zero-order chi connectivity index (χ0) is 16.1. The molecule has 2 aromatic rings. The van der Waals surface area contributed by atoms with Gasteiger partial charge in [-0.05, 0) is 29.3 Å². The Bertz CT molecular complexity index is 643. The number of hydrogen-bond donors (Lipinski definition) is 1.